The molecule has 1 N–H and O–H groups in total. The van der Waals surface area contributed by atoms with E-state index < -0.39 is 11.7 Å². The topological polar surface area (TPSA) is 28.2 Å². The van der Waals surface area contributed by atoms with Crippen molar-refractivity contribution in [3.05, 3.63) is 23.9 Å². The van der Waals surface area contributed by atoms with Gasteiger partial charge >= 0.3 is 6.18 Å². The molecule has 1 aromatic heterocycles. The van der Waals surface area contributed by atoms with E-state index in [4.69, 9.17) is 0 Å². The van der Waals surface area contributed by atoms with Crippen LogP contribution in [0.25, 0.3) is 0 Å². The molecule has 0 amide bonds. The van der Waals surface area contributed by atoms with Crippen LogP contribution in [-0.4, -0.2) is 35.6 Å². The summed E-state index contributed by atoms with van der Waals surface area (Å²) in [5.74, 6) is 0.466. The summed E-state index contributed by atoms with van der Waals surface area (Å²) < 4.78 is 37.0. The molecule has 1 aromatic rings. The molecule has 0 fully saturated rings. The highest BCUT2D eigenvalue weighted by molar-refractivity contribution is 5.36. The Morgan fingerprint density at radius 2 is 2.00 bits per heavy atom. The van der Waals surface area contributed by atoms with Crippen LogP contribution in [0.3, 0.4) is 0 Å². The number of aromatic nitrogens is 1. The van der Waals surface area contributed by atoms with Gasteiger partial charge in [0.05, 0.1) is 5.56 Å². The first kappa shape index (κ1) is 15.8. The summed E-state index contributed by atoms with van der Waals surface area (Å²) in [6.45, 7) is 8.73. The van der Waals surface area contributed by atoms with E-state index in [1.54, 1.807) is 0 Å². The van der Waals surface area contributed by atoms with Crippen LogP contribution in [-0.2, 0) is 6.18 Å². The Morgan fingerprint density at radius 1 is 1.32 bits per heavy atom. The number of hydrogen-bond donors (Lipinski definition) is 1. The zero-order chi connectivity index (χ0) is 14.5. The molecule has 0 spiro atoms. The monoisotopic (exact) mass is 275 g/mol. The minimum atomic E-state index is -4.33. The number of nitrogens with zero attached hydrogens (tertiary/aromatic N) is 2. The smallest absolute Gasteiger partial charge is 0.369 e. The first-order chi connectivity index (χ1) is 8.84. The first-order valence-electron chi connectivity index (χ1n) is 6.35. The third kappa shape index (κ3) is 5.06. The Labute approximate surface area is 111 Å². The van der Waals surface area contributed by atoms with Crippen LogP contribution in [0, 0.1) is 0 Å². The average Bonchev–Trinajstić information content (AvgIpc) is 2.33. The molecule has 6 heteroatoms. The molecule has 0 unspecified atom stereocenters. The lowest BCUT2D eigenvalue weighted by Gasteiger charge is -2.24. The Morgan fingerprint density at radius 3 is 2.42 bits per heavy atom. The highest BCUT2D eigenvalue weighted by atomic mass is 19.4. The normalized spacial score (nSPS) is 12.2. The summed E-state index contributed by atoms with van der Waals surface area (Å²) in [6, 6.07) is 2.84. The van der Waals surface area contributed by atoms with Crippen molar-refractivity contribution in [2.24, 2.45) is 0 Å². The van der Waals surface area contributed by atoms with Crippen molar-refractivity contribution in [2.45, 2.75) is 33.0 Å². The van der Waals surface area contributed by atoms with Crippen LogP contribution >= 0.6 is 0 Å². The molecule has 3 nitrogen and oxygen atoms in total. The van der Waals surface area contributed by atoms with Gasteiger partial charge in [-0.15, -0.1) is 0 Å². The lowest BCUT2D eigenvalue weighted by molar-refractivity contribution is -0.137. The molecule has 1 heterocycles. The van der Waals surface area contributed by atoms with Gasteiger partial charge in [-0.2, -0.15) is 13.2 Å². The fourth-order valence-electron chi connectivity index (χ4n) is 1.78. The SMILES string of the molecule is CCN(CCNc1ccc(C(F)(F)F)cn1)C(C)C. The van der Waals surface area contributed by atoms with Gasteiger partial charge in [0, 0.05) is 25.3 Å². The molecule has 0 radical (unpaired) electrons. The van der Waals surface area contributed by atoms with Crippen LogP contribution in [0.5, 0.6) is 0 Å². The third-order valence-corrected chi connectivity index (χ3v) is 2.93. The summed E-state index contributed by atoms with van der Waals surface area (Å²) in [5.41, 5.74) is -0.726. The molecule has 0 atom stereocenters. The molecule has 0 aliphatic rings. The number of likely N-dealkylation sites (N-methyl/N-ethyl adjacent to an activating group) is 1. The zero-order valence-electron chi connectivity index (χ0n) is 11.5. The van der Waals surface area contributed by atoms with E-state index in [2.05, 4.69) is 36.0 Å². The lowest BCUT2D eigenvalue weighted by atomic mass is 10.3. The van der Waals surface area contributed by atoms with E-state index in [1.807, 2.05) is 0 Å². The van der Waals surface area contributed by atoms with E-state index in [-0.39, 0.29) is 0 Å². The summed E-state index contributed by atoms with van der Waals surface area (Å²) in [6.07, 6.45) is -3.48. The predicted octanol–water partition coefficient (Wildman–Crippen LogP) is 3.24. The van der Waals surface area contributed by atoms with E-state index in [1.165, 1.54) is 6.07 Å². The van der Waals surface area contributed by atoms with E-state index in [0.29, 0.717) is 18.4 Å². The molecule has 1 rings (SSSR count). The second-order valence-corrected chi connectivity index (χ2v) is 4.58. The fourth-order valence-corrected chi connectivity index (χ4v) is 1.78. The van der Waals surface area contributed by atoms with Gasteiger partial charge in [0.1, 0.15) is 5.82 Å². The maximum atomic E-state index is 12.3. The van der Waals surface area contributed by atoms with Gasteiger partial charge in [-0.1, -0.05) is 6.92 Å². The second kappa shape index (κ2) is 6.75. The van der Waals surface area contributed by atoms with Crippen LogP contribution in [0.15, 0.2) is 18.3 Å². The quantitative estimate of drug-likeness (QED) is 0.864. The van der Waals surface area contributed by atoms with Gasteiger partial charge in [0.25, 0.3) is 0 Å². The van der Waals surface area contributed by atoms with Gasteiger partial charge in [0.2, 0.25) is 0 Å². The Balaban J connectivity index is 2.46. The number of halogens is 3. The molecular weight excluding hydrogens is 255 g/mol. The summed E-state index contributed by atoms with van der Waals surface area (Å²) in [4.78, 5) is 6.02. The summed E-state index contributed by atoms with van der Waals surface area (Å²) >= 11 is 0. The predicted molar refractivity (Wildman–Crippen MR) is 70.1 cm³/mol. The van der Waals surface area contributed by atoms with Crippen LogP contribution in [0.2, 0.25) is 0 Å². The van der Waals surface area contributed by atoms with Crippen LogP contribution in [0.1, 0.15) is 26.3 Å². The van der Waals surface area contributed by atoms with Crippen molar-refractivity contribution in [1.29, 1.82) is 0 Å². The van der Waals surface area contributed by atoms with Gasteiger partial charge < -0.3 is 5.32 Å². The summed E-state index contributed by atoms with van der Waals surface area (Å²) in [5, 5.41) is 3.02. The van der Waals surface area contributed by atoms with Crippen molar-refractivity contribution < 1.29 is 13.2 Å². The minimum absolute atomic E-state index is 0.451. The molecule has 0 bridgehead atoms. The molecule has 0 aliphatic heterocycles. The fraction of sp³-hybridized carbons (Fsp3) is 0.615. The molecular formula is C13H20F3N3. The van der Waals surface area contributed by atoms with Gasteiger partial charge in [-0.05, 0) is 32.5 Å². The van der Waals surface area contributed by atoms with Crippen molar-refractivity contribution in [3.63, 3.8) is 0 Å². The van der Waals surface area contributed by atoms with Crippen LogP contribution < -0.4 is 5.32 Å². The van der Waals surface area contributed by atoms with E-state index in [0.717, 1.165) is 25.4 Å². The molecule has 19 heavy (non-hydrogen) atoms. The molecule has 0 aliphatic carbocycles. The second-order valence-electron chi connectivity index (χ2n) is 4.58. The number of nitrogens with one attached hydrogen (secondary N) is 1. The lowest BCUT2D eigenvalue weighted by Crippen LogP contribution is -2.34. The third-order valence-electron chi connectivity index (χ3n) is 2.93. The Hall–Kier alpha value is -1.30. The first-order valence-corrected chi connectivity index (χ1v) is 6.35. The van der Waals surface area contributed by atoms with Crippen molar-refractivity contribution >= 4 is 5.82 Å². The number of hydrogen-bond acceptors (Lipinski definition) is 3. The van der Waals surface area contributed by atoms with Gasteiger partial charge in [0.15, 0.2) is 0 Å². The number of rotatable bonds is 6. The minimum Gasteiger partial charge on any atom is -0.369 e. The van der Waals surface area contributed by atoms with Gasteiger partial charge in [-0.3, -0.25) is 4.90 Å². The van der Waals surface area contributed by atoms with Gasteiger partial charge in [-0.25, -0.2) is 4.98 Å². The Bertz CT molecular complexity index is 374. The number of alkyl halides is 3. The largest absolute Gasteiger partial charge is 0.417 e. The molecule has 0 saturated heterocycles. The summed E-state index contributed by atoms with van der Waals surface area (Å²) in [7, 11) is 0. The maximum absolute atomic E-state index is 12.3. The van der Waals surface area contributed by atoms with E-state index in [9.17, 15) is 13.2 Å². The number of anilines is 1. The van der Waals surface area contributed by atoms with E-state index >= 15 is 0 Å². The molecule has 0 saturated carbocycles. The number of pyridine rings is 1. The Kier molecular flexibility index (Phi) is 5.60. The standard InChI is InChI=1S/C13H20F3N3/c1-4-19(10(2)3)8-7-17-12-6-5-11(9-18-12)13(14,15)16/h5-6,9-10H,4,7-8H2,1-3H3,(H,17,18). The van der Waals surface area contributed by atoms with Crippen molar-refractivity contribution in [3.8, 4) is 0 Å². The molecule has 0 aromatic carbocycles. The van der Waals surface area contributed by atoms with Crippen molar-refractivity contribution in [1.82, 2.24) is 9.88 Å². The van der Waals surface area contributed by atoms with Crippen LogP contribution in [0.4, 0.5) is 19.0 Å². The zero-order valence-corrected chi connectivity index (χ0v) is 11.5. The van der Waals surface area contributed by atoms with Crippen molar-refractivity contribution in [2.75, 3.05) is 25.0 Å². The molecule has 108 valence electrons. The highest BCUT2D eigenvalue weighted by Gasteiger charge is 2.30. The maximum Gasteiger partial charge on any atom is 0.417 e. The average molecular weight is 275 g/mol. The highest BCUT2D eigenvalue weighted by Crippen LogP contribution is 2.28.